The molecule has 2 aromatic rings. The van der Waals surface area contributed by atoms with Crippen molar-refractivity contribution in [3.8, 4) is 0 Å². The van der Waals surface area contributed by atoms with Gasteiger partial charge < -0.3 is 0 Å². The molecule has 0 N–H and O–H groups in total. The lowest BCUT2D eigenvalue weighted by Gasteiger charge is -1.99. The summed E-state index contributed by atoms with van der Waals surface area (Å²) in [6, 6.07) is 3.87. The van der Waals surface area contributed by atoms with E-state index in [1.54, 1.807) is 0 Å². The van der Waals surface area contributed by atoms with E-state index in [9.17, 15) is 18.5 Å². The second-order valence-electron chi connectivity index (χ2n) is 3.41. The number of rotatable bonds is 2. The van der Waals surface area contributed by atoms with Crippen molar-refractivity contribution < 1.29 is 13.3 Å². The van der Waals surface area contributed by atoms with Crippen molar-refractivity contribution in [1.29, 1.82) is 0 Å². The maximum Gasteiger partial charge on any atom is 0.271 e. The van der Waals surface area contributed by atoms with Crippen LogP contribution in [-0.4, -0.2) is 29.6 Å². The van der Waals surface area contributed by atoms with Crippen LogP contribution < -0.4 is 0 Å². The van der Waals surface area contributed by atoms with Gasteiger partial charge in [0.1, 0.15) is 0 Å². The van der Waals surface area contributed by atoms with Crippen LogP contribution in [0.1, 0.15) is 0 Å². The fraction of sp³-hybridized carbons (Fsp3) is 0.111. The molecular weight excluding hydrogens is 246 g/mol. The molecule has 0 aliphatic carbocycles. The maximum atomic E-state index is 11.2. The van der Waals surface area contributed by atoms with Crippen molar-refractivity contribution in [3.63, 3.8) is 0 Å². The molecule has 0 radical (unpaired) electrons. The highest BCUT2D eigenvalue weighted by Crippen LogP contribution is 2.18. The van der Waals surface area contributed by atoms with Crippen LogP contribution in [0.3, 0.4) is 0 Å². The Morgan fingerprint density at radius 1 is 1.29 bits per heavy atom. The summed E-state index contributed by atoms with van der Waals surface area (Å²) in [5.74, 6) is 0. The van der Waals surface area contributed by atoms with Crippen LogP contribution in [0.4, 0.5) is 5.69 Å². The number of benzene rings is 1. The first kappa shape index (κ1) is 11.4. The van der Waals surface area contributed by atoms with Crippen molar-refractivity contribution in [2.75, 3.05) is 6.26 Å². The molecule has 1 aromatic heterocycles. The fourth-order valence-corrected chi connectivity index (χ4v) is 1.78. The highest BCUT2D eigenvalue weighted by Gasteiger charge is 2.12. The van der Waals surface area contributed by atoms with Crippen LogP contribution in [0.5, 0.6) is 0 Å². The number of hydrogen-bond donors (Lipinski definition) is 0. The molecular formula is C9H7N3O4S. The first-order chi connectivity index (χ1) is 7.88. The minimum Gasteiger partial charge on any atom is -0.258 e. The highest BCUT2D eigenvalue weighted by atomic mass is 32.2. The number of nitro groups is 1. The molecule has 0 saturated carbocycles. The maximum absolute atomic E-state index is 11.2. The topological polar surface area (TPSA) is 103 Å². The van der Waals surface area contributed by atoms with Crippen molar-refractivity contribution in [2.45, 2.75) is 5.03 Å². The molecule has 2 rings (SSSR count). The predicted molar refractivity (Wildman–Crippen MR) is 59.3 cm³/mol. The van der Waals surface area contributed by atoms with E-state index in [0.717, 1.165) is 12.5 Å². The first-order valence-electron chi connectivity index (χ1n) is 4.49. The Bertz CT molecular complexity index is 711. The summed E-state index contributed by atoms with van der Waals surface area (Å²) in [7, 11) is -3.43. The van der Waals surface area contributed by atoms with Gasteiger partial charge in [-0.2, -0.15) is 0 Å². The molecule has 0 amide bonds. The van der Waals surface area contributed by atoms with Gasteiger partial charge in [0.05, 0.1) is 22.2 Å². The largest absolute Gasteiger partial charge is 0.271 e. The Morgan fingerprint density at radius 2 is 2.00 bits per heavy atom. The fourth-order valence-electron chi connectivity index (χ4n) is 1.27. The lowest BCUT2D eigenvalue weighted by molar-refractivity contribution is -0.384. The molecule has 17 heavy (non-hydrogen) atoms. The number of non-ortho nitro benzene ring substituents is 1. The minimum absolute atomic E-state index is 0.112. The molecule has 0 bridgehead atoms. The van der Waals surface area contributed by atoms with Crippen LogP contribution in [0.2, 0.25) is 0 Å². The molecule has 0 unspecified atom stereocenters. The number of nitro benzene ring substituents is 1. The second-order valence-corrected chi connectivity index (χ2v) is 5.37. The number of hydrogen-bond acceptors (Lipinski definition) is 6. The molecule has 88 valence electrons. The van der Waals surface area contributed by atoms with Crippen LogP contribution in [0.15, 0.2) is 29.4 Å². The molecule has 0 aliphatic rings. The van der Waals surface area contributed by atoms with E-state index >= 15 is 0 Å². The smallest absolute Gasteiger partial charge is 0.258 e. The van der Waals surface area contributed by atoms with E-state index in [1.165, 1.54) is 18.2 Å². The Labute approximate surface area is 96.2 Å². The van der Waals surface area contributed by atoms with Crippen molar-refractivity contribution in [3.05, 3.63) is 34.5 Å². The van der Waals surface area contributed by atoms with Crippen molar-refractivity contribution >= 4 is 26.6 Å². The van der Waals surface area contributed by atoms with Gasteiger partial charge in [-0.15, -0.1) is 0 Å². The zero-order valence-corrected chi connectivity index (χ0v) is 9.51. The summed E-state index contributed by atoms with van der Waals surface area (Å²) in [6.45, 7) is 0. The number of nitrogens with zero attached hydrogens (tertiary/aromatic N) is 3. The van der Waals surface area contributed by atoms with Gasteiger partial charge in [-0.1, -0.05) is 0 Å². The monoisotopic (exact) mass is 253 g/mol. The molecule has 0 fully saturated rings. The van der Waals surface area contributed by atoms with Gasteiger partial charge in [-0.25, -0.2) is 13.4 Å². The van der Waals surface area contributed by atoms with E-state index in [1.807, 2.05) is 0 Å². The molecule has 1 aromatic carbocycles. The summed E-state index contributed by atoms with van der Waals surface area (Å²) in [5, 5.41) is 10.4. The van der Waals surface area contributed by atoms with Gasteiger partial charge in [0.15, 0.2) is 14.9 Å². The minimum atomic E-state index is -3.43. The average molecular weight is 253 g/mol. The predicted octanol–water partition coefficient (Wildman–Crippen LogP) is 0.942. The Kier molecular flexibility index (Phi) is 2.50. The Balaban J connectivity index is 2.66. The van der Waals surface area contributed by atoms with Crippen LogP contribution in [-0.2, 0) is 9.84 Å². The summed E-state index contributed by atoms with van der Waals surface area (Å²) in [5.41, 5.74) is 0.476. The van der Waals surface area contributed by atoms with E-state index < -0.39 is 14.8 Å². The summed E-state index contributed by atoms with van der Waals surface area (Å²) >= 11 is 0. The Hall–Kier alpha value is -2.09. The van der Waals surface area contributed by atoms with E-state index in [4.69, 9.17) is 0 Å². The molecule has 0 spiro atoms. The van der Waals surface area contributed by atoms with Gasteiger partial charge in [0, 0.05) is 18.4 Å². The van der Waals surface area contributed by atoms with Crippen LogP contribution in [0, 0.1) is 10.1 Å². The quantitative estimate of drug-likeness (QED) is 0.582. The standard InChI is InChI=1S/C9H7N3O4S/c1-17(15,16)9-5-10-8-4-6(12(13)14)2-3-7(8)11-9/h2-5H,1H3. The number of sulfone groups is 1. The van der Waals surface area contributed by atoms with Crippen molar-refractivity contribution in [1.82, 2.24) is 9.97 Å². The zero-order chi connectivity index (χ0) is 12.6. The molecule has 7 nitrogen and oxygen atoms in total. The third-order valence-corrected chi connectivity index (χ3v) is 3.05. The molecule has 0 atom stereocenters. The van der Waals surface area contributed by atoms with E-state index in [2.05, 4.69) is 9.97 Å². The number of fused-ring (bicyclic) bond motifs is 1. The van der Waals surface area contributed by atoms with Gasteiger partial charge in [-0.3, -0.25) is 15.1 Å². The van der Waals surface area contributed by atoms with Crippen LogP contribution >= 0.6 is 0 Å². The zero-order valence-electron chi connectivity index (χ0n) is 8.69. The lowest BCUT2D eigenvalue weighted by Crippen LogP contribution is -2.01. The second kappa shape index (κ2) is 3.74. The van der Waals surface area contributed by atoms with Crippen LogP contribution in [0.25, 0.3) is 11.0 Å². The third-order valence-electron chi connectivity index (χ3n) is 2.09. The first-order valence-corrected chi connectivity index (χ1v) is 6.38. The molecule has 0 saturated heterocycles. The third kappa shape index (κ3) is 2.21. The summed E-state index contributed by atoms with van der Waals surface area (Å²) in [6.07, 6.45) is 2.11. The van der Waals surface area contributed by atoms with Gasteiger partial charge in [-0.05, 0) is 6.07 Å². The summed E-state index contributed by atoms with van der Waals surface area (Å²) < 4.78 is 22.5. The summed E-state index contributed by atoms with van der Waals surface area (Å²) in [4.78, 5) is 17.7. The average Bonchev–Trinajstić information content (AvgIpc) is 2.26. The molecule has 1 heterocycles. The number of aromatic nitrogens is 2. The van der Waals surface area contributed by atoms with Gasteiger partial charge >= 0.3 is 0 Å². The highest BCUT2D eigenvalue weighted by molar-refractivity contribution is 7.90. The van der Waals surface area contributed by atoms with E-state index in [-0.39, 0.29) is 16.2 Å². The lowest BCUT2D eigenvalue weighted by atomic mass is 10.3. The van der Waals surface area contributed by atoms with E-state index in [0.29, 0.717) is 5.52 Å². The van der Waals surface area contributed by atoms with Gasteiger partial charge in [0.25, 0.3) is 5.69 Å². The van der Waals surface area contributed by atoms with Crippen molar-refractivity contribution in [2.24, 2.45) is 0 Å². The SMILES string of the molecule is CS(=O)(=O)c1cnc2cc([N+](=O)[O-])ccc2n1. The molecule has 0 aliphatic heterocycles. The Morgan fingerprint density at radius 3 is 2.59 bits per heavy atom. The van der Waals surface area contributed by atoms with Gasteiger partial charge in [0.2, 0.25) is 0 Å². The normalized spacial score (nSPS) is 11.6. The molecule has 8 heteroatoms.